The number of piperazine rings is 1. The average Bonchev–Trinajstić information content (AvgIpc) is 1.35. The minimum atomic E-state index is -1.59. The zero-order valence-corrected chi connectivity index (χ0v) is 51.0. The van der Waals surface area contributed by atoms with Gasteiger partial charge in [0.15, 0.2) is 40.0 Å². The number of nitrogens with zero attached hydrogens (tertiary/aromatic N) is 4. The molecule has 14 rings (SSSR count). The van der Waals surface area contributed by atoms with E-state index in [1.165, 1.54) is 45.0 Å². The third-order valence-corrected chi connectivity index (χ3v) is 19.5. The quantitative estimate of drug-likeness (QED) is 0.0734. The highest BCUT2D eigenvalue weighted by atomic mass is 32.2. The first kappa shape index (κ1) is 60.7. The Morgan fingerprint density at radius 2 is 1.38 bits per heavy atom. The number of anilines is 2. The summed E-state index contributed by atoms with van der Waals surface area (Å²) >= 11 is 1.38. The lowest BCUT2D eigenvalue weighted by atomic mass is 9.73. The van der Waals surface area contributed by atoms with E-state index in [0.29, 0.717) is 102 Å². The lowest BCUT2D eigenvalue weighted by Crippen LogP contribution is -2.70. The minimum absolute atomic E-state index is 0. The number of rotatable bonds is 11. The van der Waals surface area contributed by atoms with Crippen molar-refractivity contribution in [1.29, 1.82) is 0 Å². The maximum atomic E-state index is 15.5. The molecule has 0 amide bonds. The Morgan fingerprint density at radius 3 is 2.00 bits per heavy atom. The molecular formula is C66H69N5O17S. The summed E-state index contributed by atoms with van der Waals surface area (Å²) in [6.45, 7) is 4.76. The molecule has 4 bridgehead atoms. The van der Waals surface area contributed by atoms with Crippen LogP contribution in [-0.2, 0) is 55.1 Å². The summed E-state index contributed by atoms with van der Waals surface area (Å²) in [7, 11) is 12.3. The summed E-state index contributed by atoms with van der Waals surface area (Å²) in [5.74, 6) is -0.962. The van der Waals surface area contributed by atoms with Crippen molar-refractivity contribution in [2.75, 3.05) is 85.0 Å². The Hall–Kier alpha value is -8.61. The lowest BCUT2D eigenvalue weighted by Gasteiger charge is -2.62. The molecule has 1 unspecified atom stereocenters. The third-order valence-electron chi connectivity index (χ3n) is 18.0. The second-order valence-electron chi connectivity index (χ2n) is 23.5. The Balaban J connectivity index is 0.00000769. The van der Waals surface area contributed by atoms with Gasteiger partial charge in [0.2, 0.25) is 6.79 Å². The predicted molar refractivity (Wildman–Crippen MR) is 330 cm³/mol. The van der Waals surface area contributed by atoms with Crippen LogP contribution in [0.5, 0.6) is 40.2 Å². The van der Waals surface area contributed by atoms with E-state index in [9.17, 15) is 29.1 Å². The fourth-order valence-electron chi connectivity index (χ4n) is 14.0. The molecule has 2 aromatic heterocycles. The van der Waals surface area contributed by atoms with Gasteiger partial charge in [-0.15, -0.1) is 11.8 Å². The number of carbonyl (C=O) groups is 4. The smallest absolute Gasteiger partial charge is 0.336 e. The largest absolute Gasteiger partial charge is 0.493 e. The third kappa shape index (κ3) is 10.1. The Bertz CT molecular complexity index is 4240. The number of fused-ring (bicyclic) bond motifs is 11. The van der Waals surface area contributed by atoms with Gasteiger partial charge in [-0.3, -0.25) is 29.5 Å². The van der Waals surface area contributed by atoms with E-state index in [2.05, 4.69) is 10.2 Å². The van der Waals surface area contributed by atoms with Crippen LogP contribution in [0.2, 0.25) is 0 Å². The molecule has 0 radical (unpaired) electrons. The lowest BCUT2D eigenvalue weighted by molar-refractivity contribution is -0.186. The fraction of sp³-hybridized carbons (Fsp3) is 0.394. The number of hydrogen-bond acceptors (Lipinski definition) is 23. The van der Waals surface area contributed by atoms with Gasteiger partial charge >= 0.3 is 35.1 Å². The summed E-state index contributed by atoms with van der Waals surface area (Å²) in [5, 5.41) is 17.1. The van der Waals surface area contributed by atoms with Crippen molar-refractivity contribution in [3.05, 3.63) is 143 Å². The molecule has 22 nitrogen and oxygen atoms in total. The van der Waals surface area contributed by atoms with Crippen LogP contribution in [0.4, 0.5) is 11.4 Å². The number of benzene rings is 5. The first-order valence-electron chi connectivity index (χ1n) is 28.8. The molecule has 7 aliphatic heterocycles. The number of aliphatic hydroxyl groups excluding tert-OH is 1. The number of carbonyl (C=O) groups excluding carboxylic acids is 4. The molecule has 0 saturated carbocycles. The summed E-state index contributed by atoms with van der Waals surface area (Å²) in [5.41, 5.74) is 5.05. The molecule has 5 aromatic carbocycles. The van der Waals surface area contributed by atoms with Crippen LogP contribution in [-0.4, -0.2) is 132 Å². The molecule has 89 heavy (non-hydrogen) atoms. The SMILES string of the molecule is C.COc1cc2c(cc1OC(=O)Cc1cc(=O)oc3cc(N(C)C)ccc13)CCN[C@]21CS[C@@H]2c3c(OC(C)=O)c(C)c4c(c3[C@H](COC1=O)N1C2[C@H]2c3c(cc(C)c(OC)c3OC(=O)Cc3cc(=O)oc5cc(N(C)C)ccc35)C[C@@H]([C@@H]1O)N2C)OCO4. The molecule has 7 atom stereocenters. The van der Waals surface area contributed by atoms with Crippen LogP contribution in [0, 0.1) is 13.8 Å². The first-order chi connectivity index (χ1) is 42.2. The van der Waals surface area contributed by atoms with Gasteiger partial charge in [0.05, 0.1) is 50.4 Å². The van der Waals surface area contributed by atoms with Crippen LogP contribution in [0.3, 0.4) is 0 Å². The first-order valence-corrected chi connectivity index (χ1v) is 29.9. The van der Waals surface area contributed by atoms with E-state index in [0.717, 1.165) is 16.9 Å². The Kier molecular flexibility index (Phi) is 15.7. The summed E-state index contributed by atoms with van der Waals surface area (Å²) < 4.78 is 61.4. The van der Waals surface area contributed by atoms with Crippen molar-refractivity contribution < 1.29 is 71.0 Å². The van der Waals surface area contributed by atoms with Crippen molar-refractivity contribution in [1.82, 2.24) is 15.1 Å². The van der Waals surface area contributed by atoms with Crippen molar-refractivity contribution >= 4 is 69.0 Å². The maximum Gasteiger partial charge on any atom is 0.336 e. The molecule has 7 aliphatic rings. The number of likely N-dealkylation sites (N-methyl/N-ethyl adjacent to an activating group) is 1. The second kappa shape index (κ2) is 23.1. The van der Waals surface area contributed by atoms with E-state index < -0.39 is 76.3 Å². The number of esters is 4. The van der Waals surface area contributed by atoms with Gasteiger partial charge in [0.1, 0.15) is 29.8 Å². The topological polar surface area (TPSA) is 248 Å². The molecule has 1 spiro atoms. The van der Waals surface area contributed by atoms with Crippen molar-refractivity contribution in [3.63, 3.8) is 0 Å². The highest BCUT2D eigenvalue weighted by Crippen LogP contribution is 2.65. The molecule has 2 fully saturated rings. The van der Waals surface area contributed by atoms with Gasteiger partial charge in [-0.25, -0.2) is 14.4 Å². The number of nitrogens with one attached hydrogen (secondary N) is 1. The van der Waals surface area contributed by atoms with E-state index in [1.54, 1.807) is 43.3 Å². The monoisotopic (exact) mass is 1240 g/mol. The van der Waals surface area contributed by atoms with Crippen molar-refractivity contribution in [2.45, 2.75) is 95.1 Å². The molecule has 23 heteroatoms. The molecular weight excluding hydrogens is 1170 g/mol. The number of hydrogen-bond donors (Lipinski definition) is 2. The van der Waals surface area contributed by atoms with E-state index >= 15 is 4.79 Å². The van der Waals surface area contributed by atoms with Crippen LogP contribution < -0.4 is 59.5 Å². The zero-order chi connectivity index (χ0) is 61.9. The second-order valence-corrected chi connectivity index (χ2v) is 24.7. The standard InChI is InChI=1S/C65H65N5O17S.CH4/c1-30-17-36-18-42-63(76)70-43-27-80-64(77)65(41-26-46(78-9)47(19-33(41)15-16-66-65)86-50(74)22-34-20-48(72)84-44-24-37(67(4)5)11-13-39(34)44)28-88-62(54-53(43)60-59(81-29-82-60)31(2)58(54)83-32(3)71)56(70)55(69(42)8)52(36)61(57(30)79-10)87-51(75)23-35-21-49(73)85-45-25-38(68(6)7)12-14-40(35)45;/h11-14,17,19-21,24-26,42-43,55-56,62-63,66,76H,15-16,18,22-23,27-29H2,1-10H3;1H4/t42-,43-,55+,56?,62+,63-,65+;/m0./s1. The van der Waals surface area contributed by atoms with Gasteiger partial charge < -0.3 is 61.6 Å². The predicted octanol–water partition coefficient (Wildman–Crippen LogP) is 7.28. The summed E-state index contributed by atoms with van der Waals surface area (Å²) in [6, 6.07) is 15.7. The van der Waals surface area contributed by atoms with Gasteiger partial charge in [0, 0.05) is 122 Å². The van der Waals surface area contributed by atoms with Crippen LogP contribution in [0.1, 0.15) is 87.3 Å². The average molecular weight is 1240 g/mol. The van der Waals surface area contributed by atoms with Gasteiger partial charge in [0.25, 0.3) is 0 Å². The number of methoxy groups -OCH3 is 2. The van der Waals surface area contributed by atoms with E-state index in [4.69, 9.17) is 46.7 Å². The van der Waals surface area contributed by atoms with Crippen molar-refractivity contribution in [3.8, 4) is 40.2 Å². The Morgan fingerprint density at radius 1 is 0.742 bits per heavy atom. The normalized spacial score (nSPS) is 22.2. The number of ether oxygens (including phenoxy) is 8. The van der Waals surface area contributed by atoms with Crippen LogP contribution in [0.25, 0.3) is 21.9 Å². The van der Waals surface area contributed by atoms with Crippen molar-refractivity contribution in [2.24, 2.45) is 0 Å². The molecule has 2 N–H and O–H groups in total. The van der Waals surface area contributed by atoms with E-state index in [1.807, 2.05) is 75.1 Å². The molecule has 0 aliphatic carbocycles. The molecule has 7 aromatic rings. The highest BCUT2D eigenvalue weighted by Gasteiger charge is 2.62. The fourth-order valence-corrected chi connectivity index (χ4v) is 15.7. The zero-order valence-electron chi connectivity index (χ0n) is 50.1. The Labute approximate surface area is 516 Å². The molecule has 9 heterocycles. The minimum Gasteiger partial charge on any atom is -0.493 e. The highest BCUT2D eigenvalue weighted by molar-refractivity contribution is 7.99. The van der Waals surface area contributed by atoms with Gasteiger partial charge in [-0.05, 0) is 104 Å². The molecule has 466 valence electrons. The van der Waals surface area contributed by atoms with Gasteiger partial charge in [-0.2, -0.15) is 0 Å². The van der Waals surface area contributed by atoms with Gasteiger partial charge in [-0.1, -0.05) is 13.5 Å². The maximum absolute atomic E-state index is 15.5. The van der Waals surface area contributed by atoms with Crippen LogP contribution in [0.15, 0.2) is 85.2 Å². The van der Waals surface area contributed by atoms with Crippen LogP contribution >= 0.6 is 11.8 Å². The van der Waals surface area contributed by atoms with E-state index in [-0.39, 0.29) is 69.0 Å². The number of aryl methyl sites for hydroxylation is 1. The summed E-state index contributed by atoms with van der Waals surface area (Å²) in [4.78, 5) is 91.4. The molecule has 2 saturated heterocycles. The summed E-state index contributed by atoms with van der Waals surface area (Å²) in [6.07, 6.45) is -1.09. The number of thioether (sulfide) groups is 1. The number of aliphatic hydroxyl groups is 1.